The Labute approximate surface area is 100 Å². The van der Waals surface area contributed by atoms with Crippen molar-refractivity contribution in [1.82, 2.24) is 0 Å². The molecule has 0 aliphatic carbocycles. The van der Waals surface area contributed by atoms with Crippen molar-refractivity contribution in [1.29, 1.82) is 0 Å². The van der Waals surface area contributed by atoms with Crippen molar-refractivity contribution >= 4 is 26.5 Å². The van der Waals surface area contributed by atoms with E-state index in [0.717, 1.165) is 5.39 Å². The fourth-order valence-corrected chi connectivity index (χ4v) is 2.84. The molecule has 0 saturated heterocycles. The highest BCUT2D eigenvalue weighted by atomic mass is 32.2. The molecule has 0 unspecified atom stereocenters. The zero-order chi connectivity index (χ0) is 12.6. The number of benzene rings is 2. The molecule has 2 rings (SSSR count). The van der Waals surface area contributed by atoms with Crippen LogP contribution in [0.3, 0.4) is 0 Å². The largest absolute Gasteiger partial charge is 0.295 e. The van der Waals surface area contributed by atoms with E-state index in [-0.39, 0.29) is 4.90 Å². The minimum atomic E-state index is -4.27. The smallest absolute Gasteiger partial charge is 0.282 e. The second-order valence-corrected chi connectivity index (χ2v) is 5.28. The molecule has 17 heavy (non-hydrogen) atoms. The monoisotopic (exact) mass is 248 g/mol. The van der Waals surface area contributed by atoms with E-state index in [4.69, 9.17) is 0 Å². The lowest BCUT2D eigenvalue weighted by Gasteiger charge is -2.10. The molecule has 0 bridgehead atoms. The molecule has 1 N–H and O–H groups in total. The zero-order valence-corrected chi connectivity index (χ0v) is 10.2. The highest BCUT2D eigenvalue weighted by Gasteiger charge is 2.19. The van der Waals surface area contributed by atoms with Crippen LogP contribution in [0.15, 0.2) is 47.9 Å². The standard InChI is InChI=1S/C13H12O3S/c1-9(2)11-8-7-10-5-3-4-6-12(10)13(11)17(14,15)16/h3-8H,1H2,2H3,(H,14,15,16). The molecule has 0 saturated carbocycles. The van der Waals surface area contributed by atoms with Gasteiger partial charge in [0.15, 0.2) is 0 Å². The van der Waals surface area contributed by atoms with Gasteiger partial charge in [0.25, 0.3) is 10.1 Å². The van der Waals surface area contributed by atoms with Gasteiger partial charge in [0.1, 0.15) is 4.90 Å². The molecular weight excluding hydrogens is 236 g/mol. The van der Waals surface area contributed by atoms with Gasteiger partial charge in [-0.2, -0.15) is 8.42 Å². The van der Waals surface area contributed by atoms with E-state index in [0.29, 0.717) is 16.5 Å². The van der Waals surface area contributed by atoms with Crippen molar-refractivity contribution in [3.63, 3.8) is 0 Å². The third-order valence-electron chi connectivity index (χ3n) is 2.60. The normalized spacial score (nSPS) is 11.6. The van der Waals surface area contributed by atoms with Crippen LogP contribution in [0.5, 0.6) is 0 Å². The summed E-state index contributed by atoms with van der Waals surface area (Å²) in [4.78, 5) is -0.0666. The lowest BCUT2D eigenvalue weighted by atomic mass is 10.0. The Morgan fingerprint density at radius 3 is 2.41 bits per heavy atom. The van der Waals surface area contributed by atoms with E-state index in [1.807, 2.05) is 12.1 Å². The van der Waals surface area contributed by atoms with Crippen molar-refractivity contribution in [2.24, 2.45) is 0 Å². The van der Waals surface area contributed by atoms with Crippen molar-refractivity contribution in [3.8, 4) is 0 Å². The van der Waals surface area contributed by atoms with Gasteiger partial charge in [-0.15, -0.1) is 0 Å². The molecular formula is C13H12O3S. The zero-order valence-electron chi connectivity index (χ0n) is 9.34. The molecule has 88 valence electrons. The van der Waals surface area contributed by atoms with Crippen LogP contribution in [-0.2, 0) is 10.1 Å². The first-order chi connectivity index (χ1) is 7.91. The average Bonchev–Trinajstić information content (AvgIpc) is 2.26. The van der Waals surface area contributed by atoms with E-state index in [9.17, 15) is 13.0 Å². The minimum absolute atomic E-state index is 0.0666. The van der Waals surface area contributed by atoms with E-state index in [2.05, 4.69) is 6.58 Å². The molecule has 0 radical (unpaired) electrons. The SMILES string of the molecule is C=C(C)c1ccc2ccccc2c1S(=O)(=O)O. The molecule has 0 fully saturated rings. The molecule has 3 nitrogen and oxygen atoms in total. The minimum Gasteiger partial charge on any atom is -0.282 e. The molecule has 2 aromatic carbocycles. The van der Waals surface area contributed by atoms with Crippen LogP contribution in [0.2, 0.25) is 0 Å². The molecule has 0 atom stereocenters. The van der Waals surface area contributed by atoms with Gasteiger partial charge in [0.2, 0.25) is 0 Å². The number of rotatable bonds is 2. The van der Waals surface area contributed by atoms with Gasteiger partial charge in [0.05, 0.1) is 0 Å². The number of hydrogen-bond acceptors (Lipinski definition) is 2. The molecule has 0 aliphatic rings. The maximum absolute atomic E-state index is 11.5. The van der Waals surface area contributed by atoms with Crippen LogP contribution in [-0.4, -0.2) is 13.0 Å². The van der Waals surface area contributed by atoms with Gasteiger partial charge in [-0.1, -0.05) is 43.0 Å². The Bertz CT molecular complexity index is 700. The Balaban J connectivity index is 3.00. The van der Waals surface area contributed by atoms with Gasteiger partial charge in [-0.05, 0) is 23.4 Å². The number of allylic oxidation sites excluding steroid dienone is 1. The summed E-state index contributed by atoms with van der Waals surface area (Å²) in [7, 11) is -4.27. The fourth-order valence-electron chi connectivity index (χ4n) is 1.86. The van der Waals surface area contributed by atoms with Crippen LogP contribution in [0.25, 0.3) is 16.3 Å². The summed E-state index contributed by atoms with van der Waals surface area (Å²) in [6.07, 6.45) is 0. The number of hydrogen-bond donors (Lipinski definition) is 1. The first kappa shape index (κ1) is 11.8. The van der Waals surface area contributed by atoms with Gasteiger partial charge < -0.3 is 0 Å². The third kappa shape index (κ3) is 2.09. The Kier molecular flexibility index (Phi) is 2.77. The maximum atomic E-state index is 11.5. The van der Waals surface area contributed by atoms with E-state index in [1.165, 1.54) is 0 Å². The second kappa shape index (κ2) is 3.98. The summed E-state index contributed by atoms with van der Waals surface area (Å²) in [5.74, 6) is 0. The summed E-state index contributed by atoms with van der Waals surface area (Å²) >= 11 is 0. The van der Waals surface area contributed by atoms with Crippen molar-refractivity contribution in [2.45, 2.75) is 11.8 Å². The first-order valence-corrected chi connectivity index (χ1v) is 6.50. The van der Waals surface area contributed by atoms with Crippen LogP contribution in [0.4, 0.5) is 0 Å². The summed E-state index contributed by atoms with van der Waals surface area (Å²) in [5, 5.41) is 1.28. The van der Waals surface area contributed by atoms with Crippen LogP contribution in [0, 0.1) is 0 Å². The maximum Gasteiger partial charge on any atom is 0.295 e. The average molecular weight is 248 g/mol. The van der Waals surface area contributed by atoms with E-state index < -0.39 is 10.1 Å². The summed E-state index contributed by atoms with van der Waals surface area (Å²) in [6.45, 7) is 5.44. The second-order valence-electron chi connectivity index (χ2n) is 3.92. The van der Waals surface area contributed by atoms with E-state index >= 15 is 0 Å². The highest BCUT2D eigenvalue weighted by molar-refractivity contribution is 7.86. The van der Waals surface area contributed by atoms with Crippen LogP contribution < -0.4 is 0 Å². The Hall–Kier alpha value is -1.65. The summed E-state index contributed by atoms with van der Waals surface area (Å²) in [6, 6.07) is 10.5. The third-order valence-corrected chi connectivity index (χ3v) is 3.55. The predicted octanol–water partition coefficient (Wildman–Crippen LogP) is 3.12. The van der Waals surface area contributed by atoms with Crippen molar-refractivity contribution < 1.29 is 13.0 Å². The highest BCUT2D eigenvalue weighted by Crippen LogP contribution is 2.30. The molecule has 0 spiro atoms. The van der Waals surface area contributed by atoms with Gasteiger partial charge in [-0.3, -0.25) is 4.55 Å². The lowest BCUT2D eigenvalue weighted by Crippen LogP contribution is -2.03. The molecule has 0 heterocycles. The van der Waals surface area contributed by atoms with Gasteiger partial charge in [0, 0.05) is 5.39 Å². The molecule has 0 aromatic heterocycles. The Morgan fingerprint density at radius 1 is 1.18 bits per heavy atom. The summed E-state index contributed by atoms with van der Waals surface area (Å²) in [5.41, 5.74) is 1.05. The molecule has 0 aliphatic heterocycles. The lowest BCUT2D eigenvalue weighted by molar-refractivity contribution is 0.484. The molecule has 2 aromatic rings. The quantitative estimate of drug-likeness (QED) is 0.831. The number of fused-ring (bicyclic) bond motifs is 1. The topological polar surface area (TPSA) is 54.4 Å². The predicted molar refractivity (Wildman–Crippen MR) is 68.5 cm³/mol. The Morgan fingerprint density at radius 2 is 1.82 bits per heavy atom. The fraction of sp³-hybridized carbons (Fsp3) is 0.0769. The molecule has 0 amide bonds. The van der Waals surface area contributed by atoms with E-state index in [1.54, 1.807) is 31.2 Å². The van der Waals surface area contributed by atoms with Gasteiger partial charge >= 0.3 is 0 Å². The molecule has 4 heteroatoms. The van der Waals surface area contributed by atoms with Crippen molar-refractivity contribution in [3.05, 3.63) is 48.5 Å². The van der Waals surface area contributed by atoms with Gasteiger partial charge in [-0.25, -0.2) is 0 Å². The first-order valence-electron chi connectivity index (χ1n) is 5.06. The van der Waals surface area contributed by atoms with Crippen molar-refractivity contribution in [2.75, 3.05) is 0 Å². The van der Waals surface area contributed by atoms with Crippen LogP contribution in [0.1, 0.15) is 12.5 Å². The van der Waals surface area contributed by atoms with Crippen LogP contribution >= 0.6 is 0 Å². The summed E-state index contributed by atoms with van der Waals surface area (Å²) < 4.78 is 32.3.